The Balaban J connectivity index is 1.52. The summed E-state index contributed by atoms with van der Waals surface area (Å²) in [6, 6.07) is 7.69. The molecule has 1 saturated heterocycles. The average Bonchev–Trinajstić information content (AvgIpc) is 3.03. The molecule has 3 rings (SSSR count). The molecule has 1 aliphatic rings. The van der Waals surface area contributed by atoms with Gasteiger partial charge in [-0.2, -0.15) is 0 Å². The minimum absolute atomic E-state index is 0.191. The van der Waals surface area contributed by atoms with Gasteiger partial charge in [0.2, 0.25) is 5.89 Å². The number of nitrogens with zero attached hydrogens (tertiary/aromatic N) is 2. The Kier molecular flexibility index (Phi) is 6.07. The van der Waals surface area contributed by atoms with Crippen molar-refractivity contribution in [3.63, 3.8) is 0 Å². The lowest BCUT2D eigenvalue weighted by Crippen LogP contribution is -2.45. The first-order valence-electron chi connectivity index (χ1n) is 9.16. The number of oxazole rings is 1. The van der Waals surface area contributed by atoms with E-state index in [9.17, 15) is 14.7 Å². The third-order valence-electron chi connectivity index (χ3n) is 5.17. The van der Waals surface area contributed by atoms with Crippen molar-refractivity contribution in [3.8, 4) is 11.5 Å². The van der Waals surface area contributed by atoms with E-state index in [4.69, 9.17) is 9.15 Å². The molecule has 0 radical (unpaired) electrons. The molecule has 0 spiro atoms. The van der Waals surface area contributed by atoms with Gasteiger partial charge >= 0.3 is 12.1 Å². The number of ether oxygens (including phenoxy) is 1. The highest BCUT2D eigenvalue weighted by molar-refractivity contribution is 9.10. The minimum Gasteiger partial charge on any atom is -0.481 e. The second kappa shape index (κ2) is 8.34. The number of carbonyl (C=O) groups is 2. The van der Waals surface area contributed by atoms with Crippen LogP contribution in [0.3, 0.4) is 0 Å². The molecule has 1 aromatic carbocycles. The van der Waals surface area contributed by atoms with E-state index >= 15 is 0 Å². The van der Waals surface area contributed by atoms with Gasteiger partial charge in [0.25, 0.3) is 0 Å². The topological polar surface area (TPSA) is 92.9 Å². The summed E-state index contributed by atoms with van der Waals surface area (Å²) in [4.78, 5) is 29.6. The van der Waals surface area contributed by atoms with Crippen molar-refractivity contribution in [2.45, 2.75) is 33.1 Å². The fourth-order valence-corrected chi connectivity index (χ4v) is 3.53. The highest BCUT2D eigenvalue weighted by Crippen LogP contribution is 2.31. The van der Waals surface area contributed by atoms with Gasteiger partial charge in [-0.3, -0.25) is 4.79 Å². The summed E-state index contributed by atoms with van der Waals surface area (Å²) in [5.74, 6) is 0.411. The quantitative estimate of drug-likeness (QED) is 0.730. The second-order valence-electron chi connectivity index (χ2n) is 7.25. The van der Waals surface area contributed by atoms with Crippen molar-refractivity contribution in [3.05, 3.63) is 40.2 Å². The number of carboxylic acid groups (broad SMARTS) is 1. The Morgan fingerprint density at radius 2 is 2.07 bits per heavy atom. The zero-order chi connectivity index (χ0) is 20.3. The van der Waals surface area contributed by atoms with Crippen LogP contribution in [0.2, 0.25) is 0 Å². The number of likely N-dealkylation sites (tertiary alicyclic amines) is 1. The van der Waals surface area contributed by atoms with E-state index in [1.807, 2.05) is 31.2 Å². The molecule has 1 N–H and O–H groups in total. The molecule has 8 heteroatoms. The smallest absolute Gasteiger partial charge is 0.409 e. The molecule has 2 aromatic rings. The molecule has 0 unspecified atom stereocenters. The number of aromatic nitrogens is 1. The summed E-state index contributed by atoms with van der Waals surface area (Å²) < 4.78 is 12.0. The first kappa shape index (κ1) is 20.4. The van der Waals surface area contributed by atoms with Crippen LogP contribution in [0.4, 0.5) is 4.79 Å². The molecule has 7 nitrogen and oxygen atoms in total. The number of halogens is 1. The highest BCUT2D eigenvalue weighted by atomic mass is 79.9. The van der Waals surface area contributed by atoms with Crippen LogP contribution < -0.4 is 0 Å². The zero-order valence-corrected chi connectivity index (χ0v) is 17.5. The van der Waals surface area contributed by atoms with Crippen LogP contribution in [0.1, 0.15) is 31.2 Å². The Morgan fingerprint density at radius 3 is 2.71 bits per heavy atom. The second-order valence-corrected chi connectivity index (χ2v) is 8.17. The number of hydrogen-bond donors (Lipinski definition) is 1. The maximum Gasteiger partial charge on any atom is 0.409 e. The van der Waals surface area contributed by atoms with Gasteiger partial charge in [-0.1, -0.05) is 22.0 Å². The molecule has 1 amide bonds. The van der Waals surface area contributed by atoms with E-state index in [0.29, 0.717) is 44.0 Å². The number of carbonyl (C=O) groups excluding carboxylic acids is 1. The van der Waals surface area contributed by atoms with Gasteiger partial charge in [-0.05, 0) is 44.9 Å². The molecule has 0 saturated carbocycles. The van der Waals surface area contributed by atoms with Gasteiger partial charge in [-0.25, -0.2) is 9.78 Å². The Labute approximate surface area is 171 Å². The molecule has 2 heterocycles. The molecular formula is C20H23BrN2O5. The maximum absolute atomic E-state index is 12.2. The zero-order valence-electron chi connectivity index (χ0n) is 15.9. The van der Waals surface area contributed by atoms with E-state index < -0.39 is 17.5 Å². The normalized spacial score (nSPS) is 16.0. The van der Waals surface area contributed by atoms with Crippen LogP contribution >= 0.6 is 15.9 Å². The molecule has 1 fully saturated rings. The molecule has 150 valence electrons. The first-order chi connectivity index (χ1) is 13.3. The standard InChI is InChI=1S/C20H23BrN2O5/c1-13-16(22-17(28-13)14-4-3-5-15(21)12-14)6-11-27-19(26)23-9-7-20(2,8-10-23)18(24)25/h3-5,12H,6-11H2,1-2H3,(H,24,25). The third-order valence-corrected chi connectivity index (χ3v) is 5.66. The Bertz CT molecular complexity index is 871. The number of piperidine rings is 1. The largest absolute Gasteiger partial charge is 0.481 e. The van der Waals surface area contributed by atoms with Crippen LogP contribution in [-0.2, 0) is 16.0 Å². The van der Waals surface area contributed by atoms with Gasteiger partial charge in [0, 0.05) is 29.5 Å². The van der Waals surface area contributed by atoms with Crippen molar-refractivity contribution in [1.29, 1.82) is 0 Å². The number of aryl methyl sites for hydroxylation is 1. The van der Waals surface area contributed by atoms with E-state index in [2.05, 4.69) is 20.9 Å². The monoisotopic (exact) mass is 450 g/mol. The minimum atomic E-state index is -0.816. The molecule has 1 aromatic heterocycles. The van der Waals surface area contributed by atoms with Crippen molar-refractivity contribution in [1.82, 2.24) is 9.88 Å². The number of hydrogen-bond acceptors (Lipinski definition) is 5. The number of amides is 1. The Morgan fingerprint density at radius 1 is 1.36 bits per heavy atom. The molecule has 1 aliphatic heterocycles. The fourth-order valence-electron chi connectivity index (χ4n) is 3.13. The van der Waals surface area contributed by atoms with Crippen LogP contribution in [0.5, 0.6) is 0 Å². The van der Waals surface area contributed by atoms with E-state index in [1.54, 1.807) is 11.8 Å². The summed E-state index contributed by atoms with van der Waals surface area (Å²) in [7, 11) is 0. The summed E-state index contributed by atoms with van der Waals surface area (Å²) in [6.45, 7) is 4.52. The fraction of sp³-hybridized carbons (Fsp3) is 0.450. The number of benzene rings is 1. The van der Waals surface area contributed by atoms with E-state index in [1.165, 1.54) is 0 Å². The molecular weight excluding hydrogens is 428 g/mol. The summed E-state index contributed by atoms with van der Waals surface area (Å²) in [5.41, 5.74) is 0.854. The molecule has 28 heavy (non-hydrogen) atoms. The van der Waals surface area contributed by atoms with Crippen molar-refractivity contribution >= 4 is 28.0 Å². The van der Waals surface area contributed by atoms with Crippen LogP contribution in [-0.4, -0.2) is 46.7 Å². The number of aliphatic carboxylic acids is 1. The van der Waals surface area contributed by atoms with Gasteiger partial charge in [0.1, 0.15) is 5.76 Å². The summed E-state index contributed by atoms with van der Waals surface area (Å²) in [6.07, 6.45) is 0.891. The van der Waals surface area contributed by atoms with Crippen LogP contribution in [0.15, 0.2) is 33.2 Å². The molecule has 0 aliphatic carbocycles. The van der Waals surface area contributed by atoms with Gasteiger partial charge in [0.15, 0.2) is 0 Å². The lowest BCUT2D eigenvalue weighted by atomic mass is 9.81. The number of carboxylic acids is 1. The van der Waals surface area contributed by atoms with Crippen LogP contribution in [0, 0.1) is 12.3 Å². The van der Waals surface area contributed by atoms with E-state index in [-0.39, 0.29) is 6.61 Å². The third kappa shape index (κ3) is 4.55. The average molecular weight is 451 g/mol. The van der Waals surface area contributed by atoms with Crippen molar-refractivity contribution in [2.24, 2.45) is 5.41 Å². The summed E-state index contributed by atoms with van der Waals surface area (Å²) in [5, 5.41) is 9.26. The predicted octanol–water partition coefficient (Wildman–Crippen LogP) is 4.28. The predicted molar refractivity (Wildman–Crippen MR) is 106 cm³/mol. The van der Waals surface area contributed by atoms with Crippen LogP contribution in [0.25, 0.3) is 11.5 Å². The lowest BCUT2D eigenvalue weighted by molar-refractivity contribution is -0.150. The number of rotatable bonds is 5. The summed E-state index contributed by atoms with van der Waals surface area (Å²) >= 11 is 3.43. The van der Waals surface area contributed by atoms with Gasteiger partial charge < -0.3 is 19.2 Å². The van der Waals surface area contributed by atoms with E-state index in [0.717, 1.165) is 15.7 Å². The lowest BCUT2D eigenvalue weighted by Gasteiger charge is -2.35. The maximum atomic E-state index is 12.2. The highest BCUT2D eigenvalue weighted by Gasteiger charge is 2.38. The van der Waals surface area contributed by atoms with Gasteiger partial charge in [-0.15, -0.1) is 0 Å². The SMILES string of the molecule is Cc1oc(-c2cccc(Br)c2)nc1CCOC(=O)N1CCC(C)(C(=O)O)CC1. The van der Waals surface area contributed by atoms with Crippen molar-refractivity contribution in [2.75, 3.05) is 19.7 Å². The van der Waals surface area contributed by atoms with Gasteiger partial charge in [0.05, 0.1) is 17.7 Å². The molecule has 0 bridgehead atoms. The molecule has 0 atom stereocenters. The first-order valence-corrected chi connectivity index (χ1v) is 9.95. The van der Waals surface area contributed by atoms with Crippen molar-refractivity contribution < 1.29 is 23.8 Å². The Hall–Kier alpha value is -2.35.